The minimum atomic E-state index is -0.0294. The lowest BCUT2D eigenvalue weighted by Crippen LogP contribution is -2.30. The van der Waals surface area contributed by atoms with E-state index in [4.69, 9.17) is 5.73 Å². The predicted molar refractivity (Wildman–Crippen MR) is 105 cm³/mol. The Bertz CT molecular complexity index is 663. The molecule has 4 nitrogen and oxygen atoms in total. The van der Waals surface area contributed by atoms with Gasteiger partial charge in [-0.05, 0) is 62.2 Å². The van der Waals surface area contributed by atoms with Crippen molar-refractivity contribution >= 4 is 11.6 Å². The van der Waals surface area contributed by atoms with E-state index in [1.54, 1.807) is 0 Å². The van der Waals surface area contributed by atoms with Gasteiger partial charge in [-0.15, -0.1) is 0 Å². The number of anilines is 1. The average Bonchev–Trinajstić information content (AvgIpc) is 2.61. The van der Waals surface area contributed by atoms with Crippen molar-refractivity contribution in [3.05, 3.63) is 65.2 Å². The molecule has 0 saturated carbocycles. The van der Waals surface area contributed by atoms with Crippen LogP contribution in [0.5, 0.6) is 0 Å². The van der Waals surface area contributed by atoms with Crippen LogP contribution in [0, 0.1) is 0 Å². The molecule has 0 fully saturated rings. The second kappa shape index (κ2) is 9.23. The summed E-state index contributed by atoms with van der Waals surface area (Å²) in [7, 11) is 0. The zero-order chi connectivity index (χ0) is 18.2. The Morgan fingerprint density at radius 2 is 1.64 bits per heavy atom. The van der Waals surface area contributed by atoms with Gasteiger partial charge in [0.05, 0.1) is 0 Å². The largest absolute Gasteiger partial charge is 0.399 e. The van der Waals surface area contributed by atoms with Crippen molar-refractivity contribution in [1.82, 2.24) is 10.2 Å². The van der Waals surface area contributed by atoms with Crippen LogP contribution in [0.1, 0.15) is 42.3 Å². The molecule has 0 atom stereocenters. The molecule has 0 aliphatic heterocycles. The van der Waals surface area contributed by atoms with Gasteiger partial charge in [-0.1, -0.05) is 31.2 Å². The highest BCUT2D eigenvalue weighted by molar-refractivity contribution is 5.94. The predicted octanol–water partition coefficient (Wildman–Crippen LogP) is 3.47. The maximum Gasteiger partial charge on any atom is 0.251 e. The molecule has 0 aromatic heterocycles. The maximum atomic E-state index is 12.2. The molecule has 0 aliphatic rings. The highest BCUT2D eigenvalue weighted by atomic mass is 16.1. The minimum Gasteiger partial charge on any atom is -0.399 e. The van der Waals surface area contributed by atoms with Gasteiger partial charge in [0.1, 0.15) is 0 Å². The summed E-state index contributed by atoms with van der Waals surface area (Å²) in [6.45, 7) is 9.11. The van der Waals surface area contributed by atoms with Gasteiger partial charge in [0.15, 0.2) is 0 Å². The van der Waals surface area contributed by atoms with Crippen LogP contribution in [0.2, 0.25) is 0 Å². The number of amides is 1. The summed E-state index contributed by atoms with van der Waals surface area (Å²) in [5, 5.41) is 2.97. The second-order valence-corrected chi connectivity index (χ2v) is 6.60. The summed E-state index contributed by atoms with van der Waals surface area (Å²) in [5.74, 6) is -0.0294. The van der Waals surface area contributed by atoms with E-state index >= 15 is 0 Å². The van der Waals surface area contributed by atoms with Crippen molar-refractivity contribution in [3.8, 4) is 0 Å². The molecule has 0 spiro atoms. The zero-order valence-electron chi connectivity index (χ0n) is 15.5. The van der Waals surface area contributed by atoms with Crippen LogP contribution in [-0.2, 0) is 13.0 Å². The first kappa shape index (κ1) is 19.0. The smallest absolute Gasteiger partial charge is 0.251 e. The number of nitrogen functional groups attached to an aromatic ring is 1. The average molecular weight is 339 g/mol. The number of hydrogen-bond acceptors (Lipinski definition) is 3. The topological polar surface area (TPSA) is 58.4 Å². The maximum absolute atomic E-state index is 12.2. The van der Waals surface area contributed by atoms with Gasteiger partial charge in [0.25, 0.3) is 5.91 Å². The van der Waals surface area contributed by atoms with Gasteiger partial charge >= 0.3 is 0 Å². The SMILES string of the molecule is CCN(Cc1ccc(C(=O)NCCc2ccc(N)cc2)cc1)C(C)C. The molecule has 0 saturated heterocycles. The van der Waals surface area contributed by atoms with Crippen LogP contribution < -0.4 is 11.1 Å². The molecule has 0 heterocycles. The monoisotopic (exact) mass is 339 g/mol. The fourth-order valence-corrected chi connectivity index (χ4v) is 2.76. The number of rotatable bonds is 8. The van der Waals surface area contributed by atoms with Crippen molar-refractivity contribution < 1.29 is 4.79 Å². The van der Waals surface area contributed by atoms with Gasteiger partial charge in [0.2, 0.25) is 0 Å². The number of nitrogens with two attached hydrogens (primary N) is 1. The molecule has 0 aliphatic carbocycles. The van der Waals surface area contributed by atoms with Gasteiger partial charge in [-0.25, -0.2) is 0 Å². The van der Waals surface area contributed by atoms with Crippen LogP contribution in [0.4, 0.5) is 5.69 Å². The third-order valence-corrected chi connectivity index (χ3v) is 4.42. The van der Waals surface area contributed by atoms with Gasteiger partial charge in [-0.3, -0.25) is 9.69 Å². The first-order chi connectivity index (χ1) is 12.0. The van der Waals surface area contributed by atoms with E-state index in [2.05, 4.69) is 31.0 Å². The fourth-order valence-electron chi connectivity index (χ4n) is 2.76. The third-order valence-electron chi connectivity index (χ3n) is 4.42. The molecule has 2 aromatic rings. The molecule has 0 radical (unpaired) electrons. The molecule has 25 heavy (non-hydrogen) atoms. The van der Waals surface area contributed by atoms with Gasteiger partial charge < -0.3 is 11.1 Å². The summed E-state index contributed by atoms with van der Waals surface area (Å²) in [6, 6.07) is 16.2. The Labute approximate surface area is 151 Å². The molecule has 2 rings (SSSR count). The number of carbonyl (C=O) groups excluding carboxylic acids is 1. The highest BCUT2D eigenvalue weighted by Crippen LogP contribution is 2.10. The number of nitrogens with one attached hydrogen (secondary N) is 1. The standard InChI is InChI=1S/C21H29N3O/c1-4-24(16(2)3)15-18-5-9-19(10-6-18)21(25)23-14-13-17-7-11-20(22)12-8-17/h5-12,16H,4,13-15,22H2,1-3H3,(H,23,25). The Hall–Kier alpha value is -2.33. The Morgan fingerprint density at radius 1 is 1.04 bits per heavy atom. The van der Waals surface area contributed by atoms with Crippen LogP contribution in [0.25, 0.3) is 0 Å². The Morgan fingerprint density at radius 3 is 2.20 bits per heavy atom. The molecular formula is C21H29N3O. The lowest BCUT2D eigenvalue weighted by molar-refractivity contribution is 0.0954. The van der Waals surface area contributed by atoms with E-state index < -0.39 is 0 Å². The van der Waals surface area contributed by atoms with E-state index in [0.29, 0.717) is 18.2 Å². The summed E-state index contributed by atoms with van der Waals surface area (Å²) in [4.78, 5) is 14.6. The zero-order valence-corrected chi connectivity index (χ0v) is 15.5. The van der Waals surface area contributed by atoms with Crippen LogP contribution in [-0.4, -0.2) is 29.9 Å². The Balaban J connectivity index is 1.84. The fraction of sp³-hybridized carbons (Fsp3) is 0.381. The molecule has 0 bridgehead atoms. The first-order valence-electron chi connectivity index (χ1n) is 8.95. The second-order valence-electron chi connectivity index (χ2n) is 6.60. The highest BCUT2D eigenvalue weighted by Gasteiger charge is 2.09. The number of benzene rings is 2. The van der Waals surface area contributed by atoms with Crippen molar-refractivity contribution in [1.29, 1.82) is 0 Å². The van der Waals surface area contributed by atoms with Gasteiger partial charge in [0, 0.05) is 30.4 Å². The molecule has 0 unspecified atom stereocenters. The normalized spacial score (nSPS) is 11.1. The van der Waals surface area contributed by atoms with Crippen LogP contribution in [0.3, 0.4) is 0 Å². The summed E-state index contributed by atoms with van der Waals surface area (Å²) in [6.07, 6.45) is 0.796. The van der Waals surface area contributed by atoms with Gasteiger partial charge in [-0.2, -0.15) is 0 Å². The first-order valence-corrected chi connectivity index (χ1v) is 8.95. The molecule has 1 amide bonds. The van der Waals surface area contributed by atoms with E-state index in [0.717, 1.165) is 30.8 Å². The summed E-state index contributed by atoms with van der Waals surface area (Å²) in [5.41, 5.74) is 9.53. The summed E-state index contributed by atoms with van der Waals surface area (Å²) < 4.78 is 0. The third kappa shape index (κ3) is 5.91. The number of hydrogen-bond donors (Lipinski definition) is 2. The lowest BCUT2D eigenvalue weighted by Gasteiger charge is -2.24. The van der Waals surface area contributed by atoms with Crippen LogP contribution in [0.15, 0.2) is 48.5 Å². The van der Waals surface area contributed by atoms with Crippen molar-refractivity contribution in [3.63, 3.8) is 0 Å². The number of nitrogens with zero attached hydrogens (tertiary/aromatic N) is 1. The molecule has 4 heteroatoms. The van der Waals surface area contributed by atoms with Crippen LogP contribution >= 0.6 is 0 Å². The van der Waals surface area contributed by atoms with E-state index in [-0.39, 0.29) is 5.91 Å². The van der Waals surface area contributed by atoms with E-state index in [1.807, 2.05) is 48.5 Å². The quantitative estimate of drug-likeness (QED) is 0.724. The van der Waals surface area contributed by atoms with Crippen molar-refractivity contribution in [2.45, 2.75) is 39.8 Å². The molecule has 134 valence electrons. The number of carbonyl (C=O) groups is 1. The van der Waals surface area contributed by atoms with Crippen molar-refractivity contribution in [2.24, 2.45) is 0 Å². The molecule has 3 N–H and O–H groups in total. The Kier molecular flexibility index (Phi) is 7.02. The minimum absolute atomic E-state index is 0.0294. The summed E-state index contributed by atoms with van der Waals surface area (Å²) >= 11 is 0. The van der Waals surface area contributed by atoms with E-state index in [1.165, 1.54) is 5.56 Å². The van der Waals surface area contributed by atoms with Crippen molar-refractivity contribution in [2.75, 3.05) is 18.8 Å². The molecule has 2 aromatic carbocycles. The lowest BCUT2D eigenvalue weighted by atomic mass is 10.1. The molecular weight excluding hydrogens is 310 g/mol. The van der Waals surface area contributed by atoms with E-state index in [9.17, 15) is 4.79 Å².